The van der Waals surface area contributed by atoms with E-state index in [-0.39, 0.29) is 5.63 Å². The van der Waals surface area contributed by atoms with Gasteiger partial charge in [0.15, 0.2) is 0 Å². The topological polar surface area (TPSA) is 30.2 Å². The molecule has 2 heteroatoms. The molecule has 2 rings (SSSR count). The van der Waals surface area contributed by atoms with Gasteiger partial charge in [-0.25, -0.2) is 4.79 Å². The fourth-order valence-electron chi connectivity index (χ4n) is 2.79. The first-order chi connectivity index (χ1) is 9.60. The van der Waals surface area contributed by atoms with Crippen LogP contribution in [0.1, 0.15) is 45.6 Å². The molecule has 0 aliphatic heterocycles. The molecule has 0 radical (unpaired) electrons. The Kier molecular flexibility index (Phi) is 4.99. The molecule has 2 aromatic rings. The van der Waals surface area contributed by atoms with E-state index in [1.54, 1.807) is 0 Å². The van der Waals surface area contributed by atoms with Crippen molar-refractivity contribution in [1.29, 1.82) is 0 Å². The maximum Gasteiger partial charge on any atom is 0.339 e. The summed E-state index contributed by atoms with van der Waals surface area (Å²) in [6.07, 6.45) is 4.29. The fourth-order valence-corrected chi connectivity index (χ4v) is 2.79. The van der Waals surface area contributed by atoms with E-state index in [0.717, 1.165) is 23.8 Å². The largest absolute Gasteiger partial charge is 0.423 e. The fraction of sp³-hybridized carbons (Fsp3) is 0.500. The van der Waals surface area contributed by atoms with E-state index in [4.69, 9.17) is 4.42 Å². The summed E-state index contributed by atoms with van der Waals surface area (Å²) in [5.74, 6) is 1.41. The van der Waals surface area contributed by atoms with Gasteiger partial charge in [0.2, 0.25) is 0 Å². The Hall–Kier alpha value is -1.57. The maximum atomic E-state index is 12.0. The molecule has 0 bridgehead atoms. The van der Waals surface area contributed by atoms with Gasteiger partial charge in [-0.3, -0.25) is 0 Å². The lowest BCUT2D eigenvalue weighted by molar-refractivity contribution is 0.374. The predicted octanol–water partition coefficient (Wildman–Crippen LogP) is 4.80. The third-order valence-electron chi connectivity index (χ3n) is 3.92. The van der Waals surface area contributed by atoms with Crippen LogP contribution in [0.4, 0.5) is 0 Å². The Balaban J connectivity index is 2.13. The van der Waals surface area contributed by atoms with Crippen LogP contribution in [0.2, 0.25) is 0 Å². The Morgan fingerprint density at radius 3 is 2.65 bits per heavy atom. The summed E-state index contributed by atoms with van der Waals surface area (Å²) in [5, 5.41) is 1.01. The van der Waals surface area contributed by atoms with Gasteiger partial charge in [-0.15, -0.1) is 0 Å². The molecule has 1 atom stereocenters. The lowest BCUT2D eigenvalue weighted by Gasteiger charge is -2.16. The van der Waals surface area contributed by atoms with E-state index in [1.165, 1.54) is 12.8 Å². The minimum atomic E-state index is -0.178. The molecule has 0 spiro atoms. The second kappa shape index (κ2) is 6.74. The van der Waals surface area contributed by atoms with Gasteiger partial charge < -0.3 is 4.42 Å². The molecule has 0 amide bonds. The van der Waals surface area contributed by atoms with Crippen molar-refractivity contribution in [2.75, 3.05) is 0 Å². The number of hydrogen-bond donors (Lipinski definition) is 0. The van der Waals surface area contributed by atoms with Gasteiger partial charge in [-0.2, -0.15) is 0 Å². The summed E-state index contributed by atoms with van der Waals surface area (Å²) in [6.45, 7) is 6.75. The zero-order valence-corrected chi connectivity index (χ0v) is 12.7. The minimum Gasteiger partial charge on any atom is -0.423 e. The molecule has 1 heterocycles. The number of fused-ring (bicyclic) bond motifs is 1. The first-order valence-electron chi connectivity index (χ1n) is 7.62. The van der Waals surface area contributed by atoms with Crippen molar-refractivity contribution < 1.29 is 4.42 Å². The third kappa shape index (κ3) is 3.72. The van der Waals surface area contributed by atoms with Crippen LogP contribution in [0.15, 0.2) is 39.5 Å². The van der Waals surface area contributed by atoms with Crippen molar-refractivity contribution in [2.45, 2.75) is 46.5 Å². The molecule has 20 heavy (non-hydrogen) atoms. The highest BCUT2D eigenvalue weighted by atomic mass is 16.4. The Morgan fingerprint density at radius 2 is 1.95 bits per heavy atom. The molecule has 0 N–H and O–H groups in total. The first-order valence-corrected chi connectivity index (χ1v) is 7.62. The molecule has 0 saturated heterocycles. The monoisotopic (exact) mass is 272 g/mol. The standard InChI is InChI=1S/C18H24O2/c1-4-14(11-13(2)3)9-10-16-12-15-7-5-6-8-17(15)20-18(16)19/h5-8,12-14H,4,9-11H2,1-3H3. The highest BCUT2D eigenvalue weighted by molar-refractivity contribution is 5.76. The summed E-state index contributed by atoms with van der Waals surface area (Å²) >= 11 is 0. The van der Waals surface area contributed by atoms with Crippen LogP contribution in [0.5, 0.6) is 0 Å². The number of benzene rings is 1. The number of para-hydroxylation sites is 1. The van der Waals surface area contributed by atoms with E-state index in [1.807, 2.05) is 30.3 Å². The van der Waals surface area contributed by atoms with Crippen LogP contribution in [-0.2, 0) is 6.42 Å². The number of rotatable bonds is 6. The summed E-state index contributed by atoms with van der Waals surface area (Å²) in [5.41, 5.74) is 1.31. The molecule has 0 aliphatic rings. The van der Waals surface area contributed by atoms with Gasteiger partial charge in [-0.1, -0.05) is 45.4 Å². The molecule has 108 valence electrons. The van der Waals surface area contributed by atoms with Gasteiger partial charge in [0.1, 0.15) is 5.58 Å². The van der Waals surface area contributed by atoms with E-state index < -0.39 is 0 Å². The summed E-state index contributed by atoms with van der Waals surface area (Å²) < 4.78 is 5.38. The zero-order valence-electron chi connectivity index (χ0n) is 12.7. The van der Waals surface area contributed by atoms with E-state index in [2.05, 4.69) is 20.8 Å². The van der Waals surface area contributed by atoms with Crippen molar-refractivity contribution >= 4 is 11.0 Å². The zero-order chi connectivity index (χ0) is 14.5. The van der Waals surface area contributed by atoms with Crippen LogP contribution in [0, 0.1) is 11.8 Å². The second-order valence-electron chi connectivity index (χ2n) is 6.04. The Morgan fingerprint density at radius 1 is 1.20 bits per heavy atom. The van der Waals surface area contributed by atoms with Gasteiger partial charge in [0.25, 0.3) is 0 Å². The highest BCUT2D eigenvalue weighted by Gasteiger charge is 2.11. The van der Waals surface area contributed by atoms with Crippen LogP contribution in [0.3, 0.4) is 0 Å². The SMILES string of the molecule is CCC(CCc1cc2ccccc2oc1=O)CC(C)C. The third-order valence-corrected chi connectivity index (χ3v) is 3.92. The highest BCUT2D eigenvalue weighted by Crippen LogP contribution is 2.21. The molecule has 0 aliphatic carbocycles. The van der Waals surface area contributed by atoms with Crippen molar-refractivity contribution in [2.24, 2.45) is 11.8 Å². The Bertz CT molecular complexity index is 610. The van der Waals surface area contributed by atoms with Crippen LogP contribution >= 0.6 is 0 Å². The van der Waals surface area contributed by atoms with Crippen LogP contribution in [0.25, 0.3) is 11.0 Å². The summed E-state index contributed by atoms with van der Waals surface area (Å²) in [7, 11) is 0. The van der Waals surface area contributed by atoms with Gasteiger partial charge in [-0.05, 0) is 43.2 Å². The average molecular weight is 272 g/mol. The normalized spacial score (nSPS) is 13.0. The maximum absolute atomic E-state index is 12.0. The van der Waals surface area contributed by atoms with E-state index >= 15 is 0 Å². The lowest BCUT2D eigenvalue weighted by atomic mass is 9.89. The molecule has 1 unspecified atom stereocenters. The molecule has 0 fully saturated rings. The quantitative estimate of drug-likeness (QED) is 0.707. The molecular weight excluding hydrogens is 248 g/mol. The minimum absolute atomic E-state index is 0.178. The Labute approximate surface area is 120 Å². The molecule has 1 aromatic heterocycles. The van der Waals surface area contributed by atoms with Gasteiger partial charge in [0, 0.05) is 10.9 Å². The average Bonchev–Trinajstić information content (AvgIpc) is 2.43. The number of aryl methyl sites for hydroxylation is 1. The van der Waals surface area contributed by atoms with E-state index in [9.17, 15) is 4.79 Å². The second-order valence-corrected chi connectivity index (χ2v) is 6.04. The van der Waals surface area contributed by atoms with Crippen molar-refractivity contribution in [1.82, 2.24) is 0 Å². The number of hydrogen-bond acceptors (Lipinski definition) is 2. The van der Waals surface area contributed by atoms with Crippen molar-refractivity contribution in [3.8, 4) is 0 Å². The van der Waals surface area contributed by atoms with Crippen molar-refractivity contribution in [3.05, 3.63) is 46.3 Å². The lowest BCUT2D eigenvalue weighted by Crippen LogP contribution is -2.11. The van der Waals surface area contributed by atoms with E-state index in [0.29, 0.717) is 17.4 Å². The first kappa shape index (κ1) is 14.8. The predicted molar refractivity (Wildman–Crippen MR) is 84.0 cm³/mol. The van der Waals surface area contributed by atoms with Gasteiger partial charge in [0.05, 0.1) is 0 Å². The van der Waals surface area contributed by atoms with Crippen LogP contribution < -0.4 is 5.63 Å². The summed E-state index contributed by atoms with van der Waals surface area (Å²) in [6, 6.07) is 9.69. The molecular formula is C18H24O2. The molecule has 1 aromatic carbocycles. The van der Waals surface area contributed by atoms with Crippen LogP contribution in [-0.4, -0.2) is 0 Å². The van der Waals surface area contributed by atoms with Gasteiger partial charge >= 0.3 is 5.63 Å². The summed E-state index contributed by atoms with van der Waals surface area (Å²) in [4.78, 5) is 12.0. The smallest absolute Gasteiger partial charge is 0.339 e. The molecule has 0 saturated carbocycles. The molecule has 2 nitrogen and oxygen atoms in total. The van der Waals surface area contributed by atoms with Crippen molar-refractivity contribution in [3.63, 3.8) is 0 Å².